The van der Waals surface area contributed by atoms with E-state index in [2.05, 4.69) is 0 Å². The van der Waals surface area contributed by atoms with Crippen LogP contribution in [0, 0.1) is 0 Å². The summed E-state index contributed by atoms with van der Waals surface area (Å²) in [4.78, 5) is 10.0. The molecular formula is C19H12F6O3S. The topological polar surface area (TPSA) is 50.4 Å². The molecule has 1 aromatic heterocycles. The molecule has 29 heavy (non-hydrogen) atoms. The van der Waals surface area contributed by atoms with Crippen molar-refractivity contribution in [3.05, 3.63) is 64.9 Å². The Balaban J connectivity index is 1.81. The molecule has 0 atom stereocenters. The third-order valence-electron chi connectivity index (χ3n) is 4.07. The van der Waals surface area contributed by atoms with Gasteiger partial charge in [-0.15, -0.1) is 0 Å². The number of carbonyl (C=O) groups is 1. The molecule has 3 nitrogen and oxygen atoms in total. The van der Waals surface area contributed by atoms with Crippen LogP contribution in [0.3, 0.4) is 0 Å². The van der Waals surface area contributed by atoms with Gasteiger partial charge in [0.2, 0.25) is 5.76 Å². The van der Waals surface area contributed by atoms with E-state index >= 15 is 0 Å². The van der Waals surface area contributed by atoms with Crippen LogP contribution in [-0.4, -0.2) is 16.6 Å². The number of hydrogen-bond acceptors (Lipinski definition) is 3. The SMILES string of the molecule is O=C(O)c1cc2ccc(CCc3ccc(SC(F)(F)F)c(C(F)(F)F)c3)cc2o1. The monoisotopic (exact) mass is 434 g/mol. The van der Waals surface area contributed by atoms with Crippen molar-refractivity contribution in [1.29, 1.82) is 0 Å². The molecule has 1 N–H and O–H groups in total. The zero-order chi connectivity index (χ0) is 21.4. The molecule has 0 unspecified atom stereocenters. The number of alkyl halides is 6. The third kappa shape index (κ3) is 5.26. The highest BCUT2D eigenvalue weighted by atomic mass is 32.2. The van der Waals surface area contributed by atoms with Gasteiger partial charge >= 0.3 is 17.7 Å². The molecule has 0 saturated carbocycles. The van der Waals surface area contributed by atoms with Crippen LogP contribution in [0.15, 0.2) is 51.8 Å². The van der Waals surface area contributed by atoms with Crippen LogP contribution in [0.1, 0.15) is 27.2 Å². The Hall–Kier alpha value is -2.62. The molecule has 1 heterocycles. The molecule has 0 saturated heterocycles. The minimum atomic E-state index is -4.91. The fraction of sp³-hybridized carbons (Fsp3) is 0.211. The first-order valence-electron chi connectivity index (χ1n) is 8.14. The van der Waals surface area contributed by atoms with Gasteiger partial charge in [0.05, 0.1) is 5.56 Å². The van der Waals surface area contributed by atoms with E-state index in [0.717, 1.165) is 12.1 Å². The number of rotatable bonds is 5. The van der Waals surface area contributed by atoms with Crippen molar-refractivity contribution in [2.75, 3.05) is 0 Å². The molecule has 0 fully saturated rings. The maximum Gasteiger partial charge on any atom is 0.446 e. The van der Waals surface area contributed by atoms with Crippen LogP contribution < -0.4 is 0 Å². The van der Waals surface area contributed by atoms with Gasteiger partial charge in [0.1, 0.15) is 5.58 Å². The Morgan fingerprint density at radius 2 is 1.55 bits per heavy atom. The molecule has 0 aliphatic carbocycles. The highest BCUT2D eigenvalue weighted by Gasteiger charge is 2.38. The van der Waals surface area contributed by atoms with Gasteiger partial charge in [0.15, 0.2) is 0 Å². The Kier molecular flexibility index (Phi) is 5.57. The second-order valence-electron chi connectivity index (χ2n) is 6.16. The van der Waals surface area contributed by atoms with E-state index in [4.69, 9.17) is 9.52 Å². The molecule has 3 aromatic rings. The van der Waals surface area contributed by atoms with Gasteiger partial charge in [-0.1, -0.05) is 18.2 Å². The number of furan rings is 1. The Morgan fingerprint density at radius 1 is 0.931 bits per heavy atom. The van der Waals surface area contributed by atoms with Crippen molar-refractivity contribution in [2.24, 2.45) is 0 Å². The Labute approximate surface area is 164 Å². The van der Waals surface area contributed by atoms with Crippen molar-refractivity contribution in [3.8, 4) is 0 Å². The summed E-state index contributed by atoms with van der Waals surface area (Å²) in [7, 11) is 0. The van der Waals surface area contributed by atoms with Crippen molar-refractivity contribution >= 4 is 28.7 Å². The normalized spacial score (nSPS) is 12.5. The van der Waals surface area contributed by atoms with Gasteiger partial charge in [0.25, 0.3) is 0 Å². The number of aromatic carboxylic acids is 1. The number of benzene rings is 2. The summed E-state index contributed by atoms with van der Waals surface area (Å²) < 4.78 is 82.2. The van der Waals surface area contributed by atoms with E-state index in [1.165, 1.54) is 12.1 Å². The number of halogens is 6. The quantitative estimate of drug-likeness (QED) is 0.366. The fourth-order valence-corrected chi connectivity index (χ4v) is 3.46. The molecule has 10 heteroatoms. The first-order valence-corrected chi connectivity index (χ1v) is 8.96. The van der Waals surface area contributed by atoms with Crippen LogP contribution in [0.5, 0.6) is 0 Å². The second kappa shape index (κ2) is 7.66. The fourth-order valence-electron chi connectivity index (χ4n) is 2.79. The van der Waals surface area contributed by atoms with Crippen molar-refractivity contribution in [2.45, 2.75) is 29.4 Å². The van der Waals surface area contributed by atoms with Gasteiger partial charge in [-0.25, -0.2) is 4.79 Å². The van der Waals surface area contributed by atoms with E-state index in [1.54, 1.807) is 18.2 Å². The summed E-state index contributed by atoms with van der Waals surface area (Å²) in [6.45, 7) is 0. The predicted molar refractivity (Wildman–Crippen MR) is 93.9 cm³/mol. The average Bonchev–Trinajstić information content (AvgIpc) is 3.02. The molecule has 0 radical (unpaired) electrons. The summed E-state index contributed by atoms with van der Waals surface area (Å²) in [5.74, 6) is -1.45. The number of carboxylic acids is 1. The van der Waals surface area contributed by atoms with Crippen LogP contribution in [0.25, 0.3) is 11.0 Å². The highest BCUT2D eigenvalue weighted by Crippen LogP contribution is 2.44. The van der Waals surface area contributed by atoms with Gasteiger partial charge in [0, 0.05) is 10.3 Å². The number of aryl methyl sites for hydroxylation is 2. The van der Waals surface area contributed by atoms with E-state index < -0.39 is 39.9 Å². The summed E-state index contributed by atoms with van der Waals surface area (Å²) in [5, 5.41) is 9.50. The lowest BCUT2D eigenvalue weighted by molar-refractivity contribution is -0.139. The van der Waals surface area contributed by atoms with Crippen LogP contribution in [0.2, 0.25) is 0 Å². The largest absolute Gasteiger partial charge is 0.475 e. The lowest BCUT2D eigenvalue weighted by atomic mass is 10.0. The predicted octanol–water partition coefficient (Wildman–Crippen LogP) is 6.55. The molecule has 0 amide bonds. The first kappa shape index (κ1) is 21.1. The van der Waals surface area contributed by atoms with Gasteiger partial charge in [-0.05, 0) is 60.0 Å². The lowest BCUT2D eigenvalue weighted by Gasteiger charge is -2.15. The molecule has 0 aliphatic rings. The first-order chi connectivity index (χ1) is 13.4. The van der Waals surface area contributed by atoms with E-state index in [9.17, 15) is 31.1 Å². The average molecular weight is 434 g/mol. The number of fused-ring (bicyclic) bond motifs is 1. The number of hydrogen-bond donors (Lipinski definition) is 1. The summed E-state index contributed by atoms with van der Waals surface area (Å²) >= 11 is -0.797. The summed E-state index contributed by atoms with van der Waals surface area (Å²) in [6.07, 6.45) is -4.47. The van der Waals surface area contributed by atoms with E-state index in [1.807, 2.05) is 0 Å². The van der Waals surface area contributed by atoms with Gasteiger partial charge in [-0.2, -0.15) is 26.3 Å². The van der Waals surface area contributed by atoms with Gasteiger partial charge < -0.3 is 9.52 Å². The maximum atomic E-state index is 13.2. The van der Waals surface area contributed by atoms with Crippen molar-refractivity contribution in [1.82, 2.24) is 0 Å². The molecule has 0 spiro atoms. The number of thioether (sulfide) groups is 1. The van der Waals surface area contributed by atoms with Crippen molar-refractivity contribution < 1.29 is 40.7 Å². The van der Waals surface area contributed by atoms with Crippen LogP contribution in [-0.2, 0) is 19.0 Å². The molecule has 0 aliphatic heterocycles. The van der Waals surface area contributed by atoms with E-state index in [-0.39, 0.29) is 17.7 Å². The standard InChI is InChI=1S/C19H12F6O3S/c20-18(21,22)13-7-10(4-6-16(13)29-19(23,24)25)1-2-11-3-5-12-9-15(17(26)27)28-14(12)8-11/h3-9H,1-2H2,(H,26,27). The second-order valence-corrected chi connectivity index (χ2v) is 7.27. The third-order valence-corrected chi connectivity index (χ3v) is 4.88. The summed E-state index contributed by atoms with van der Waals surface area (Å²) in [5.41, 5.74) is -4.91. The minimum Gasteiger partial charge on any atom is -0.475 e. The van der Waals surface area contributed by atoms with E-state index in [0.29, 0.717) is 23.0 Å². The number of carboxylic acid groups (broad SMARTS) is 1. The molecular weight excluding hydrogens is 422 g/mol. The Morgan fingerprint density at radius 3 is 2.14 bits per heavy atom. The van der Waals surface area contributed by atoms with Crippen LogP contribution in [0.4, 0.5) is 26.3 Å². The van der Waals surface area contributed by atoms with Crippen molar-refractivity contribution in [3.63, 3.8) is 0 Å². The van der Waals surface area contributed by atoms with Crippen LogP contribution >= 0.6 is 11.8 Å². The smallest absolute Gasteiger partial charge is 0.446 e. The molecule has 3 rings (SSSR count). The minimum absolute atomic E-state index is 0.151. The Bertz CT molecular complexity index is 1050. The lowest BCUT2D eigenvalue weighted by Crippen LogP contribution is -2.10. The zero-order valence-electron chi connectivity index (χ0n) is 14.4. The summed E-state index contributed by atoms with van der Waals surface area (Å²) in [6, 6.07) is 9.03. The molecule has 2 aromatic carbocycles. The maximum absolute atomic E-state index is 13.2. The highest BCUT2D eigenvalue weighted by molar-refractivity contribution is 8.00. The molecule has 154 valence electrons. The molecule has 0 bridgehead atoms. The zero-order valence-corrected chi connectivity index (χ0v) is 15.2. The van der Waals surface area contributed by atoms with Gasteiger partial charge in [-0.3, -0.25) is 0 Å².